The van der Waals surface area contributed by atoms with Crippen LogP contribution in [0.5, 0.6) is 0 Å². The molecular weight excluding hydrogens is 236 g/mol. The fraction of sp³-hybridized carbons (Fsp3) is 0.833. The van der Waals surface area contributed by atoms with Crippen molar-refractivity contribution < 1.29 is 19.4 Å². The molecule has 1 aliphatic carbocycles. The van der Waals surface area contributed by atoms with E-state index in [-0.39, 0.29) is 18.6 Å². The number of nitrogens with zero attached hydrogens (tertiary/aromatic N) is 1. The lowest BCUT2D eigenvalue weighted by molar-refractivity contribution is -0.139. The highest BCUT2D eigenvalue weighted by molar-refractivity contribution is 5.77. The van der Waals surface area contributed by atoms with Crippen LogP contribution in [0.4, 0.5) is 4.79 Å². The summed E-state index contributed by atoms with van der Waals surface area (Å²) in [5.41, 5.74) is -0.520. The first-order valence-electron chi connectivity index (χ1n) is 6.36. The predicted molar refractivity (Wildman–Crippen MR) is 64.4 cm³/mol. The monoisotopic (exact) mass is 256 g/mol. The van der Waals surface area contributed by atoms with Crippen molar-refractivity contribution in [3.05, 3.63) is 0 Å². The Morgan fingerprint density at radius 2 is 2.22 bits per heavy atom. The van der Waals surface area contributed by atoms with Crippen LogP contribution >= 0.6 is 0 Å². The van der Waals surface area contributed by atoms with Crippen molar-refractivity contribution in [2.75, 3.05) is 20.2 Å². The van der Waals surface area contributed by atoms with Gasteiger partial charge in [0.25, 0.3) is 0 Å². The number of ether oxygens (including phenoxy) is 1. The molecule has 0 radical (unpaired) electrons. The SMILES string of the molecule is COC1CCN(C(=O)NC2(CC(=O)O)CCC2)C1. The molecule has 1 heterocycles. The lowest BCUT2D eigenvalue weighted by Gasteiger charge is -2.42. The molecule has 2 aliphatic rings. The molecule has 102 valence electrons. The minimum absolute atomic E-state index is 0.0142. The van der Waals surface area contributed by atoms with E-state index < -0.39 is 11.5 Å². The Hall–Kier alpha value is -1.30. The molecule has 2 amide bonds. The summed E-state index contributed by atoms with van der Waals surface area (Å²) in [6.45, 7) is 1.26. The quantitative estimate of drug-likeness (QED) is 0.780. The third-order valence-electron chi connectivity index (χ3n) is 3.94. The van der Waals surface area contributed by atoms with Crippen LogP contribution in [0.1, 0.15) is 32.1 Å². The van der Waals surface area contributed by atoms with Crippen LogP contribution in [0.3, 0.4) is 0 Å². The van der Waals surface area contributed by atoms with Crippen molar-refractivity contribution in [3.63, 3.8) is 0 Å². The Kier molecular flexibility index (Phi) is 3.75. The number of carboxylic acid groups (broad SMARTS) is 1. The van der Waals surface area contributed by atoms with Crippen molar-refractivity contribution in [2.45, 2.75) is 43.7 Å². The number of hydrogen-bond donors (Lipinski definition) is 2. The Bertz CT molecular complexity index is 341. The topological polar surface area (TPSA) is 78.9 Å². The number of aliphatic carboxylic acids is 1. The van der Waals surface area contributed by atoms with Gasteiger partial charge in [0.15, 0.2) is 0 Å². The first-order valence-corrected chi connectivity index (χ1v) is 6.36. The summed E-state index contributed by atoms with van der Waals surface area (Å²) >= 11 is 0. The molecule has 0 aromatic carbocycles. The van der Waals surface area contributed by atoms with Crippen LogP contribution in [0.2, 0.25) is 0 Å². The Balaban J connectivity index is 1.88. The number of urea groups is 1. The molecule has 18 heavy (non-hydrogen) atoms. The highest BCUT2D eigenvalue weighted by Crippen LogP contribution is 2.35. The number of hydrogen-bond acceptors (Lipinski definition) is 3. The van der Waals surface area contributed by atoms with Crippen molar-refractivity contribution >= 4 is 12.0 Å². The van der Waals surface area contributed by atoms with E-state index >= 15 is 0 Å². The number of carbonyl (C=O) groups is 2. The largest absolute Gasteiger partial charge is 0.481 e. The molecule has 2 rings (SSSR count). The second kappa shape index (κ2) is 5.14. The predicted octanol–water partition coefficient (Wildman–Crippen LogP) is 0.814. The highest BCUT2D eigenvalue weighted by Gasteiger charge is 2.41. The molecule has 0 bridgehead atoms. The summed E-state index contributed by atoms with van der Waals surface area (Å²) in [6.07, 6.45) is 3.45. The fourth-order valence-electron chi connectivity index (χ4n) is 2.65. The summed E-state index contributed by atoms with van der Waals surface area (Å²) in [5, 5.41) is 11.8. The van der Waals surface area contributed by atoms with Gasteiger partial charge in [0.2, 0.25) is 0 Å². The van der Waals surface area contributed by atoms with Gasteiger partial charge in [-0.15, -0.1) is 0 Å². The molecule has 0 aromatic rings. The molecule has 2 fully saturated rings. The highest BCUT2D eigenvalue weighted by atomic mass is 16.5. The van der Waals surface area contributed by atoms with Crippen LogP contribution in [0, 0.1) is 0 Å². The average Bonchev–Trinajstić information content (AvgIpc) is 2.73. The number of nitrogens with one attached hydrogen (secondary N) is 1. The third-order valence-corrected chi connectivity index (χ3v) is 3.94. The molecule has 1 saturated carbocycles. The van der Waals surface area contributed by atoms with Gasteiger partial charge in [0.05, 0.1) is 18.1 Å². The summed E-state index contributed by atoms with van der Waals surface area (Å²) in [6, 6.07) is -0.157. The van der Waals surface area contributed by atoms with Gasteiger partial charge in [-0.05, 0) is 25.7 Å². The maximum Gasteiger partial charge on any atom is 0.317 e. The number of rotatable bonds is 4. The molecule has 1 unspecified atom stereocenters. The summed E-state index contributed by atoms with van der Waals surface area (Å²) in [5.74, 6) is -0.855. The van der Waals surface area contributed by atoms with Crippen molar-refractivity contribution in [3.8, 4) is 0 Å². The molecule has 1 atom stereocenters. The van der Waals surface area contributed by atoms with E-state index in [1.54, 1.807) is 12.0 Å². The summed E-state index contributed by atoms with van der Waals surface area (Å²) < 4.78 is 5.21. The minimum atomic E-state index is -0.855. The van der Waals surface area contributed by atoms with Gasteiger partial charge in [-0.1, -0.05) is 0 Å². The van der Waals surface area contributed by atoms with Crippen molar-refractivity contribution in [1.82, 2.24) is 10.2 Å². The molecule has 6 heteroatoms. The molecule has 0 spiro atoms. The normalized spacial score (nSPS) is 25.6. The van der Waals surface area contributed by atoms with Gasteiger partial charge in [0.1, 0.15) is 0 Å². The number of carbonyl (C=O) groups excluding carboxylic acids is 1. The van der Waals surface area contributed by atoms with E-state index in [2.05, 4.69) is 5.32 Å². The number of carboxylic acids is 1. The summed E-state index contributed by atoms with van der Waals surface area (Å²) in [7, 11) is 1.64. The maximum atomic E-state index is 12.1. The second-order valence-electron chi connectivity index (χ2n) is 5.23. The van der Waals surface area contributed by atoms with Crippen LogP contribution in [-0.2, 0) is 9.53 Å². The second-order valence-corrected chi connectivity index (χ2v) is 5.23. The number of likely N-dealkylation sites (tertiary alicyclic amines) is 1. The molecule has 6 nitrogen and oxygen atoms in total. The maximum absolute atomic E-state index is 12.1. The average molecular weight is 256 g/mol. The van der Waals surface area contributed by atoms with E-state index in [9.17, 15) is 9.59 Å². The molecule has 0 aromatic heterocycles. The molecule has 2 N–H and O–H groups in total. The van der Waals surface area contributed by atoms with Gasteiger partial charge in [-0.25, -0.2) is 4.79 Å². The zero-order chi connectivity index (χ0) is 13.2. The van der Waals surface area contributed by atoms with Gasteiger partial charge in [-0.2, -0.15) is 0 Å². The zero-order valence-corrected chi connectivity index (χ0v) is 10.6. The van der Waals surface area contributed by atoms with Gasteiger partial charge >= 0.3 is 12.0 Å². The lowest BCUT2D eigenvalue weighted by atomic mass is 9.74. The van der Waals surface area contributed by atoms with Crippen LogP contribution in [-0.4, -0.2) is 53.8 Å². The van der Waals surface area contributed by atoms with Gasteiger partial charge in [0, 0.05) is 20.2 Å². The standard InChI is InChI=1S/C12H20N2O4/c1-18-9-3-6-14(8-9)11(17)13-12(4-2-5-12)7-10(15)16/h9H,2-8H2,1H3,(H,13,17)(H,15,16). The van der Waals surface area contributed by atoms with E-state index in [4.69, 9.17) is 9.84 Å². The lowest BCUT2D eigenvalue weighted by Crippen LogP contribution is -2.57. The Morgan fingerprint density at radius 1 is 1.50 bits per heavy atom. The number of amides is 2. The van der Waals surface area contributed by atoms with Crippen LogP contribution in [0.15, 0.2) is 0 Å². The van der Waals surface area contributed by atoms with Crippen molar-refractivity contribution in [2.24, 2.45) is 0 Å². The summed E-state index contributed by atoms with van der Waals surface area (Å²) in [4.78, 5) is 24.6. The first kappa shape index (κ1) is 13.1. The number of methoxy groups -OCH3 is 1. The van der Waals surface area contributed by atoms with Gasteiger partial charge < -0.3 is 20.1 Å². The molecule has 1 aliphatic heterocycles. The minimum Gasteiger partial charge on any atom is -0.481 e. The van der Waals surface area contributed by atoms with E-state index in [1.165, 1.54) is 0 Å². The Morgan fingerprint density at radius 3 is 2.67 bits per heavy atom. The van der Waals surface area contributed by atoms with Gasteiger partial charge in [-0.3, -0.25) is 4.79 Å². The molecular formula is C12H20N2O4. The van der Waals surface area contributed by atoms with Crippen LogP contribution in [0.25, 0.3) is 0 Å². The van der Waals surface area contributed by atoms with Crippen molar-refractivity contribution in [1.29, 1.82) is 0 Å². The fourth-order valence-corrected chi connectivity index (χ4v) is 2.65. The van der Waals surface area contributed by atoms with E-state index in [0.29, 0.717) is 13.1 Å². The smallest absolute Gasteiger partial charge is 0.317 e. The van der Waals surface area contributed by atoms with Crippen LogP contribution < -0.4 is 5.32 Å². The van der Waals surface area contributed by atoms with E-state index in [0.717, 1.165) is 25.7 Å². The first-order chi connectivity index (χ1) is 8.54. The van der Waals surface area contributed by atoms with E-state index in [1.807, 2.05) is 0 Å². The third kappa shape index (κ3) is 2.75. The molecule has 1 saturated heterocycles. The zero-order valence-electron chi connectivity index (χ0n) is 10.6. The Labute approximate surface area is 106 Å².